The Morgan fingerprint density at radius 2 is 1.78 bits per heavy atom. The fraction of sp³-hybridized carbons (Fsp3) is 0.312. The zero-order chi connectivity index (χ0) is 32.6. The molecule has 4 N–H and O–H groups in total. The highest BCUT2D eigenvalue weighted by Crippen LogP contribution is 2.25. The molecule has 236 valence electrons. The minimum absolute atomic E-state index is 0.0712. The summed E-state index contributed by atoms with van der Waals surface area (Å²) in [6, 6.07) is 15.2. The number of methoxy groups -OCH3 is 1. The van der Waals surface area contributed by atoms with Crippen molar-refractivity contribution in [2.45, 2.75) is 51.7 Å². The number of halogens is 1. The van der Waals surface area contributed by atoms with Crippen molar-refractivity contribution in [3.8, 4) is 6.01 Å². The maximum atomic E-state index is 13.4. The minimum Gasteiger partial charge on any atom is -0.467 e. The van der Waals surface area contributed by atoms with Gasteiger partial charge in [0.2, 0.25) is 0 Å². The highest BCUT2D eigenvalue weighted by Gasteiger charge is 2.20. The number of nitrogens with zero attached hydrogens (tertiary/aromatic N) is 2. The molecule has 0 spiro atoms. The van der Waals surface area contributed by atoms with E-state index in [-0.39, 0.29) is 45.4 Å². The van der Waals surface area contributed by atoms with Crippen molar-refractivity contribution in [3.05, 3.63) is 92.9 Å². The fourth-order valence-corrected chi connectivity index (χ4v) is 4.59. The molecule has 0 saturated carbocycles. The van der Waals surface area contributed by atoms with E-state index in [0.29, 0.717) is 24.8 Å². The summed E-state index contributed by atoms with van der Waals surface area (Å²) < 4.78 is 10.2. The molecule has 12 nitrogen and oxygen atoms in total. The number of H-pyrrole nitrogens is 1. The number of fused-ring (bicyclic) bond motifs is 1. The van der Waals surface area contributed by atoms with E-state index in [1.165, 1.54) is 31.5 Å². The van der Waals surface area contributed by atoms with Crippen molar-refractivity contribution < 1.29 is 23.9 Å². The zero-order valence-corrected chi connectivity index (χ0v) is 26.2. The molecule has 3 amide bonds. The number of ether oxygens (including phenoxy) is 2. The third kappa shape index (κ3) is 9.26. The SMILES string of the molecule is COc1ncc2cc(C(=O)Nc3cc(C(=O)NC(CCCCNC(=O)OC(C)(C)C)c4ccccc4)ccc3Cl)c(=O)[nH]c2n1. The molecular weight excluding hydrogens is 600 g/mol. The Morgan fingerprint density at radius 1 is 1.02 bits per heavy atom. The van der Waals surface area contributed by atoms with Gasteiger partial charge in [0.1, 0.15) is 16.8 Å². The lowest BCUT2D eigenvalue weighted by Crippen LogP contribution is -2.33. The van der Waals surface area contributed by atoms with Crippen LogP contribution in [0.15, 0.2) is 65.6 Å². The summed E-state index contributed by atoms with van der Waals surface area (Å²) in [5, 5.41) is 9.04. The zero-order valence-electron chi connectivity index (χ0n) is 25.4. The molecule has 0 bridgehead atoms. The highest BCUT2D eigenvalue weighted by atomic mass is 35.5. The largest absolute Gasteiger partial charge is 0.467 e. The molecule has 13 heteroatoms. The number of carbonyl (C=O) groups is 3. The van der Waals surface area contributed by atoms with Crippen molar-refractivity contribution >= 4 is 46.2 Å². The van der Waals surface area contributed by atoms with Crippen LogP contribution in [0.25, 0.3) is 11.0 Å². The van der Waals surface area contributed by atoms with Gasteiger partial charge in [0.15, 0.2) is 0 Å². The first kappa shape index (κ1) is 32.9. The Kier molecular flexibility index (Phi) is 10.7. The van der Waals surface area contributed by atoms with Crippen LogP contribution < -0.4 is 26.2 Å². The maximum absolute atomic E-state index is 13.4. The van der Waals surface area contributed by atoms with E-state index in [1.54, 1.807) is 26.8 Å². The Bertz CT molecular complexity index is 1740. The molecule has 2 aromatic heterocycles. The van der Waals surface area contributed by atoms with Crippen LogP contribution in [0.1, 0.15) is 72.4 Å². The molecule has 0 aliphatic heterocycles. The van der Waals surface area contributed by atoms with Gasteiger partial charge in [-0.2, -0.15) is 4.98 Å². The average Bonchev–Trinajstić information content (AvgIpc) is 3.00. The van der Waals surface area contributed by atoms with Crippen LogP contribution in [0.3, 0.4) is 0 Å². The Morgan fingerprint density at radius 3 is 2.49 bits per heavy atom. The van der Waals surface area contributed by atoms with E-state index in [1.807, 2.05) is 30.3 Å². The average molecular weight is 635 g/mol. The molecule has 4 aromatic rings. The molecule has 1 atom stereocenters. The number of rotatable bonds is 11. The van der Waals surface area contributed by atoms with Crippen LogP contribution in [-0.2, 0) is 4.74 Å². The Balaban J connectivity index is 1.43. The number of nitrogens with one attached hydrogen (secondary N) is 4. The number of anilines is 1. The monoisotopic (exact) mass is 634 g/mol. The quantitative estimate of drug-likeness (QED) is 0.159. The van der Waals surface area contributed by atoms with Gasteiger partial charge in [0, 0.05) is 23.7 Å². The van der Waals surface area contributed by atoms with Gasteiger partial charge in [0.05, 0.1) is 23.9 Å². The molecule has 0 radical (unpaired) electrons. The molecule has 0 aliphatic rings. The fourth-order valence-electron chi connectivity index (χ4n) is 4.42. The predicted octanol–water partition coefficient (Wildman–Crippen LogP) is 5.40. The Hall–Kier alpha value is -4.97. The van der Waals surface area contributed by atoms with Gasteiger partial charge < -0.3 is 30.4 Å². The Labute approximate surface area is 264 Å². The predicted molar refractivity (Wildman–Crippen MR) is 171 cm³/mol. The first-order chi connectivity index (χ1) is 21.4. The number of alkyl carbamates (subject to hydrolysis) is 1. The molecule has 2 aromatic carbocycles. The van der Waals surface area contributed by atoms with E-state index in [9.17, 15) is 19.2 Å². The standard InChI is InChI=1S/C32H35ClN6O6/c1-32(2,3)45-31(43)34-15-9-8-12-24(19-10-6-5-7-11-19)36-27(40)20-13-14-23(33)25(17-20)37-28(41)22-16-21-18-35-30(44-4)39-26(21)38-29(22)42/h5-7,10-11,13-14,16-18,24H,8-9,12,15H2,1-4H3,(H,34,43)(H,36,40)(H,37,41)(H,35,38,39,42). The smallest absolute Gasteiger partial charge is 0.407 e. The van der Waals surface area contributed by atoms with Crippen molar-refractivity contribution in [1.29, 1.82) is 0 Å². The van der Waals surface area contributed by atoms with Gasteiger partial charge in [-0.05, 0) is 69.9 Å². The number of aromatic nitrogens is 3. The van der Waals surface area contributed by atoms with Crippen molar-refractivity contribution in [2.24, 2.45) is 0 Å². The third-order valence-electron chi connectivity index (χ3n) is 6.57. The highest BCUT2D eigenvalue weighted by molar-refractivity contribution is 6.34. The van der Waals surface area contributed by atoms with Crippen LogP contribution in [0.5, 0.6) is 6.01 Å². The molecule has 0 fully saturated rings. The number of pyridine rings is 1. The number of aromatic amines is 1. The van der Waals surface area contributed by atoms with E-state index < -0.39 is 23.2 Å². The van der Waals surface area contributed by atoms with E-state index >= 15 is 0 Å². The van der Waals surface area contributed by atoms with Crippen molar-refractivity contribution in [3.63, 3.8) is 0 Å². The van der Waals surface area contributed by atoms with Gasteiger partial charge in [-0.3, -0.25) is 14.4 Å². The molecule has 1 unspecified atom stereocenters. The second kappa shape index (κ2) is 14.7. The third-order valence-corrected chi connectivity index (χ3v) is 6.90. The second-order valence-electron chi connectivity index (χ2n) is 11.2. The number of benzene rings is 2. The van der Waals surface area contributed by atoms with E-state index in [2.05, 4.69) is 30.9 Å². The van der Waals surface area contributed by atoms with Crippen LogP contribution >= 0.6 is 11.6 Å². The van der Waals surface area contributed by atoms with Crippen molar-refractivity contribution in [2.75, 3.05) is 19.0 Å². The minimum atomic E-state index is -0.726. The summed E-state index contributed by atoms with van der Waals surface area (Å²) in [6.07, 6.45) is 2.97. The number of unbranched alkanes of at least 4 members (excludes halogenated alkanes) is 1. The van der Waals surface area contributed by atoms with Crippen LogP contribution in [0, 0.1) is 0 Å². The number of hydrogen-bond acceptors (Lipinski definition) is 8. The van der Waals surface area contributed by atoms with Crippen LogP contribution in [0.4, 0.5) is 10.5 Å². The number of carbonyl (C=O) groups excluding carboxylic acids is 3. The lowest BCUT2D eigenvalue weighted by atomic mass is 10.00. The van der Waals surface area contributed by atoms with Crippen LogP contribution in [-0.4, -0.2) is 52.1 Å². The molecule has 2 heterocycles. The summed E-state index contributed by atoms with van der Waals surface area (Å²) in [6.45, 7) is 5.84. The van der Waals surface area contributed by atoms with E-state index in [0.717, 1.165) is 12.0 Å². The second-order valence-corrected chi connectivity index (χ2v) is 11.6. The summed E-state index contributed by atoms with van der Waals surface area (Å²) in [7, 11) is 1.40. The van der Waals surface area contributed by atoms with Gasteiger partial charge in [0.25, 0.3) is 17.4 Å². The molecule has 0 saturated heterocycles. The molecule has 45 heavy (non-hydrogen) atoms. The first-order valence-corrected chi connectivity index (χ1v) is 14.7. The van der Waals surface area contributed by atoms with Gasteiger partial charge in [-0.15, -0.1) is 0 Å². The van der Waals surface area contributed by atoms with Crippen molar-refractivity contribution in [1.82, 2.24) is 25.6 Å². The lowest BCUT2D eigenvalue weighted by molar-refractivity contribution is 0.0526. The number of hydrogen-bond donors (Lipinski definition) is 4. The summed E-state index contributed by atoms with van der Waals surface area (Å²) in [5.74, 6) is -1.10. The molecular formula is C32H35ClN6O6. The van der Waals surface area contributed by atoms with Gasteiger partial charge in [-0.1, -0.05) is 41.9 Å². The summed E-state index contributed by atoms with van der Waals surface area (Å²) in [5.41, 5.74) is 0.123. The maximum Gasteiger partial charge on any atom is 0.407 e. The van der Waals surface area contributed by atoms with Gasteiger partial charge in [-0.25, -0.2) is 9.78 Å². The first-order valence-electron chi connectivity index (χ1n) is 14.3. The van der Waals surface area contributed by atoms with Gasteiger partial charge >= 0.3 is 12.1 Å². The molecule has 0 aliphatic carbocycles. The number of amides is 3. The summed E-state index contributed by atoms with van der Waals surface area (Å²) in [4.78, 5) is 61.7. The normalized spacial score (nSPS) is 11.8. The molecule has 4 rings (SSSR count). The van der Waals surface area contributed by atoms with Crippen LogP contribution in [0.2, 0.25) is 5.02 Å². The summed E-state index contributed by atoms with van der Waals surface area (Å²) >= 11 is 6.35. The van der Waals surface area contributed by atoms with E-state index in [4.69, 9.17) is 21.1 Å². The lowest BCUT2D eigenvalue weighted by Gasteiger charge is -2.21. The topological polar surface area (TPSA) is 164 Å².